The summed E-state index contributed by atoms with van der Waals surface area (Å²) >= 11 is 0. The van der Waals surface area contributed by atoms with Crippen molar-refractivity contribution < 1.29 is 9.53 Å². The van der Waals surface area contributed by atoms with Crippen molar-refractivity contribution in [3.63, 3.8) is 0 Å². The van der Waals surface area contributed by atoms with E-state index in [4.69, 9.17) is 10.5 Å². The van der Waals surface area contributed by atoms with Crippen LogP contribution in [0.2, 0.25) is 0 Å². The first-order valence-corrected chi connectivity index (χ1v) is 6.86. The summed E-state index contributed by atoms with van der Waals surface area (Å²) in [7, 11) is 0. The van der Waals surface area contributed by atoms with E-state index in [1.54, 1.807) is 6.92 Å². The SMILES string of the molecule is C=C(N)C(C(=O)OCC)c1ccc2c(c1)CCCC2. The molecule has 0 radical (unpaired) electrons. The summed E-state index contributed by atoms with van der Waals surface area (Å²) in [5.41, 5.74) is 9.74. The highest BCUT2D eigenvalue weighted by Crippen LogP contribution is 2.28. The fraction of sp³-hybridized carbons (Fsp3) is 0.438. The molecular formula is C16H21NO2. The van der Waals surface area contributed by atoms with Gasteiger partial charge in [0, 0.05) is 5.70 Å². The molecule has 2 rings (SSSR count). The summed E-state index contributed by atoms with van der Waals surface area (Å²) in [6, 6.07) is 6.18. The van der Waals surface area contributed by atoms with E-state index in [0.29, 0.717) is 12.3 Å². The van der Waals surface area contributed by atoms with E-state index in [-0.39, 0.29) is 5.97 Å². The predicted molar refractivity (Wildman–Crippen MR) is 75.8 cm³/mol. The predicted octanol–water partition coefficient (Wildman–Crippen LogP) is 2.68. The Bertz CT molecular complexity index is 494. The van der Waals surface area contributed by atoms with Crippen molar-refractivity contribution in [2.75, 3.05) is 6.61 Å². The first-order valence-electron chi connectivity index (χ1n) is 6.86. The maximum atomic E-state index is 12.0. The highest BCUT2D eigenvalue weighted by Gasteiger charge is 2.24. The van der Waals surface area contributed by atoms with Crippen LogP contribution in [0.5, 0.6) is 0 Å². The number of esters is 1. The second kappa shape index (κ2) is 5.91. The molecule has 19 heavy (non-hydrogen) atoms. The minimum atomic E-state index is -0.549. The molecule has 0 saturated heterocycles. The summed E-state index contributed by atoms with van der Waals surface area (Å²) < 4.78 is 5.08. The van der Waals surface area contributed by atoms with Crippen LogP contribution in [0, 0.1) is 0 Å². The van der Waals surface area contributed by atoms with Gasteiger partial charge in [0.25, 0.3) is 0 Å². The van der Waals surface area contributed by atoms with Gasteiger partial charge in [-0.25, -0.2) is 0 Å². The molecule has 0 saturated carbocycles. The third-order valence-corrected chi connectivity index (χ3v) is 3.60. The number of fused-ring (bicyclic) bond motifs is 1. The number of benzene rings is 1. The molecule has 0 aliphatic heterocycles. The van der Waals surface area contributed by atoms with Crippen LogP contribution >= 0.6 is 0 Å². The Morgan fingerprint density at radius 1 is 1.37 bits per heavy atom. The maximum Gasteiger partial charge on any atom is 0.319 e. The van der Waals surface area contributed by atoms with Gasteiger partial charge in [0.2, 0.25) is 0 Å². The average molecular weight is 259 g/mol. The van der Waals surface area contributed by atoms with Crippen molar-refractivity contribution >= 4 is 5.97 Å². The van der Waals surface area contributed by atoms with Gasteiger partial charge >= 0.3 is 5.97 Å². The lowest BCUT2D eigenvalue weighted by atomic mass is 9.87. The van der Waals surface area contributed by atoms with Crippen LogP contribution in [0.25, 0.3) is 0 Å². The number of nitrogens with two attached hydrogens (primary N) is 1. The molecule has 0 heterocycles. The van der Waals surface area contributed by atoms with Crippen molar-refractivity contribution in [1.82, 2.24) is 0 Å². The molecule has 2 N–H and O–H groups in total. The zero-order valence-corrected chi connectivity index (χ0v) is 11.4. The third-order valence-electron chi connectivity index (χ3n) is 3.60. The van der Waals surface area contributed by atoms with Gasteiger partial charge in [0.15, 0.2) is 0 Å². The van der Waals surface area contributed by atoms with Gasteiger partial charge in [-0.3, -0.25) is 4.79 Å². The van der Waals surface area contributed by atoms with Crippen LogP contribution in [-0.2, 0) is 22.4 Å². The van der Waals surface area contributed by atoms with E-state index in [1.807, 2.05) is 6.07 Å². The highest BCUT2D eigenvalue weighted by atomic mass is 16.5. The minimum Gasteiger partial charge on any atom is -0.465 e. The van der Waals surface area contributed by atoms with E-state index in [9.17, 15) is 4.79 Å². The van der Waals surface area contributed by atoms with Crippen molar-refractivity contribution in [1.29, 1.82) is 0 Å². The molecule has 0 aromatic heterocycles. The molecule has 0 amide bonds. The van der Waals surface area contributed by atoms with Crippen LogP contribution < -0.4 is 5.73 Å². The molecular weight excluding hydrogens is 238 g/mol. The largest absolute Gasteiger partial charge is 0.465 e. The Balaban J connectivity index is 2.31. The van der Waals surface area contributed by atoms with Gasteiger partial charge in [0.1, 0.15) is 5.92 Å². The van der Waals surface area contributed by atoms with Gasteiger partial charge < -0.3 is 10.5 Å². The molecule has 1 aliphatic carbocycles. The Morgan fingerprint density at radius 2 is 2.05 bits per heavy atom. The van der Waals surface area contributed by atoms with Gasteiger partial charge in [-0.1, -0.05) is 24.8 Å². The van der Waals surface area contributed by atoms with Crippen molar-refractivity contribution in [2.24, 2.45) is 5.73 Å². The number of rotatable bonds is 4. The van der Waals surface area contributed by atoms with Gasteiger partial charge in [-0.2, -0.15) is 0 Å². The second-order valence-electron chi connectivity index (χ2n) is 5.00. The highest BCUT2D eigenvalue weighted by molar-refractivity contribution is 5.81. The van der Waals surface area contributed by atoms with E-state index < -0.39 is 5.92 Å². The number of aryl methyl sites for hydroxylation is 2. The van der Waals surface area contributed by atoms with Gasteiger partial charge in [-0.05, 0) is 49.3 Å². The van der Waals surface area contributed by atoms with Crippen molar-refractivity contribution in [3.05, 3.63) is 47.2 Å². The lowest BCUT2D eigenvalue weighted by Crippen LogP contribution is -2.22. The molecule has 0 fully saturated rings. The Morgan fingerprint density at radius 3 is 2.68 bits per heavy atom. The topological polar surface area (TPSA) is 52.3 Å². The fourth-order valence-corrected chi connectivity index (χ4v) is 2.66. The number of carbonyl (C=O) groups is 1. The second-order valence-corrected chi connectivity index (χ2v) is 5.00. The van der Waals surface area contributed by atoms with Gasteiger partial charge in [0.05, 0.1) is 6.61 Å². The van der Waals surface area contributed by atoms with Crippen LogP contribution in [0.4, 0.5) is 0 Å². The zero-order chi connectivity index (χ0) is 13.8. The van der Waals surface area contributed by atoms with E-state index in [0.717, 1.165) is 18.4 Å². The van der Waals surface area contributed by atoms with Crippen LogP contribution in [0.15, 0.2) is 30.5 Å². The molecule has 1 aliphatic rings. The minimum absolute atomic E-state index is 0.314. The summed E-state index contributed by atoms with van der Waals surface area (Å²) in [6.45, 7) is 5.87. The molecule has 0 spiro atoms. The number of carbonyl (C=O) groups excluding carboxylic acids is 1. The van der Waals surface area contributed by atoms with E-state index in [2.05, 4.69) is 18.7 Å². The molecule has 102 valence electrons. The number of ether oxygens (including phenoxy) is 1. The molecule has 3 nitrogen and oxygen atoms in total. The summed E-state index contributed by atoms with van der Waals surface area (Å²) in [6.07, 6.45) is 4.67. The van der Waals surface area contributed by atoms with Crippen molar-refractivity contribution in [2.45, 2.75) is 38.5 Å². The Labute approximate surface area is 114 Å². The summed E-state index contributed by atoms with van der Waals surface area (Å²) in [5.74, 6) is -0.863. The molecule has 3 heteroatoms. The standard InChI is InChI=1S/C16H21NO2/c1-3-19-16(18)15(11(2)17)14-9-8-12-6-4-5-7-13(12)10-14/h8-10,15H,2-7,17H2,1H3. The maximum absolute atomic E-state index is 12.0. The first kappa shape index (κ1) is 13.7. The van der Waals surface area contributed by atoms with Crippen molar-refractivity contribution in [3.8, 4) is 0 Å². The lowest BCUT2D eigenvalue weighted by molar-refractivity contribution is -0.143. The van der Waals surface area contributed by atoms with Crippen LogP contribution in [0.3, 0.4) is 0 Å². The zero-order valence-electron chi connectivity index (χ0n) is 11.4. The molecule has 0 bridgehead atoms. The normalized spacial score (nSPS) is 15.4. The van der Waals surface area contributed by atoms with Crippen LogP contribution in [-0.4, -0.2) is 12.6 Å². The Kier molecular flexibility index (Phi) is 4.25. The fourth-order valence-electron chi connectivity index (χ4n) is 2.66. The monoisotopic (exact) mass is 259 g/mol. The molecule has 1 aromatic carbocycles. The van der Waals surface area contributed by atoms with Gasteiger partial charge in [-0.15, -0.1) is 0 Å². The Hall–Kier alpha value is -1.77. The number of hydrogen-bond acceptors (Lipinski definition) is 3. The van der Waals surface area contributed by atoms with E-state index in [1.165, 1.54) is 24.0 Å². The van der Waals surface area contributed by atoms with Crippen LogP contribution in [0.1, 0.15) is 42.4 Å². The smallest absolute Gasteiger partial charge is 0.319 e. The number of hydrogen-bond donors (Lipinski definition) is 1. The molecule has 1 atom stereocenters. The summed E-state index contributed by atoms with van der Waals surface area (Å²) in [5, 5.41) is 0. The molecule has 1 aromatic rings. The average Bonchev–Trinajstić information content (AvgIpc) is 2.38. The quantitative estimate of drug-likeness (QED) is 0.846. The van der Waals surface area contributed by atoms with E-state index >= 15 is 0 Å². The first-order chi connectivity index (χ1) is 9.13. The molecule has 1 unspecified atom stereocenters. The lowest BCUT2D eigenvalue weighted by Gasteiger charge is -2.20. The third kappa shape index (κ3) is 2.98. The summed E-state index contributed by atoms with van der Waals surface area (Å²) in [4.78, 5) is 12.0.